The SMILES string of the molecule is CC1(C2(Nc3nnc(N)o3)CC2)CC1. The summed E-state index contributed by atoms with van der Waals surface area (Å²) in [7, 11) is 0. The summed E-state index contributed by atoms with van der Waals surface area (Å²) in [4.78, 5) is 0. The average Bonchev–Trinajstić information content (AvgIpc) is 3.00. The van der Waals surface area contributed by atoms with E-state index < -0.39 is 0 Å². The van der Waals surface area contributed by atoms with E-state index in [1.54, 1.807) is 0 Å². The average molecular weight is 194 g/mol. The Labute approximate surface area is 82.1 Å². The minimum Gasteiger partial charge on any atom is -0.390 e. The van der Waals surface area contributed by atoms with Crippen LogP contribution in [0, 0.1) is 5.41 Å². The number of nitrogens with two attached hydrogens (primary N) is 1. The lowest BCUT2D eigenvalue weighted by Crippen LogP contribution is -2.31. The van der Waals surface area contributed by atoms with Gasteiger partial charge >= 0.3 is 12.0 Å². The molecule has 14 heavy (non-hydrogen) atoms. The first-order valence-corrected chi connectivity index (χ1v) is 5.01. The summed E-state index contributed by atoms with van der Waals surface area (Å²) in [6.45, 7) is 2.31. The smallest absolute Gasteiger partial charge is 0.317 e. The molecule has 1 aromatic heterocycles. The molecule has 5 heteroatoms. The van der Waals surface area contributed by atoms with Crippen LogP contribution in [-0.2, 0) is 0 Å². The second-order valence-corrected chi connectivity index (χ2v) is 4.71. The number of hydrogen-bond acceptors (Lipinski definition) is 5. The predicted molar refractivity (Wildman–Crippen MR) is 51.6 cm³/mol. The third-order valence-electron chi connectivity index (χ3n) is 3.69. The van der Waals surface area contributed by atoms with Crippen LogP contribution < -0.4 is 11.1 Å². The second-order valence-electron chi connectivity index (χ2n) is 4.71. The molecule has 0 aromatic carbocycles. The number of aromatic nitrogens is 2. The maximum atomic E-state index is 5.36. The van der Waals surface area contributed by atoms with Crippen LogP contribution in [0.4, 0.5) is 12.0 Å². The lowest BCUT2D eigenvalue weighted by Gasteiger charge is -2.22. The highest BCUT2D eigenvalue weighted by Gasteiger charge is 2.63. The molecular weight excluding hydrogens is 180 g/mol. The standard InChI is InChI=1S/C9H14N4O/c1-8(2-3-8)9(4-5-9)11-7-13-12-6(10)14-7/h2-5H2,1H3,(H2,10,12)(H,11,13). The van der Waals surface area contributed by atoms with Crippen LogP contribution in [0.15, 0.2) is 4.42 Å². The van der Waals surface area contributed by atoms with Crippen molar-refractivity contribution >= 4 is 12.0 Å². The van der Waals surface area contributed by atoms with E-state index >= 15 is 0 Å². The Bertz CT molecular complexity index is 365. The Kier molecular flexibility index (Phi) is 1.28. The summed E-state index contributed by atoms with van der Waals surface area (Å²) in [6, 6.07) is 0.595. The molecule has 1 aromatic rings. The molecule has 2 fully saturated rings. The first-order chi connectivity index (χ1) is 6.64. The summed E-state index contributed by atoms with van der Waals surface area (Å²) in [5.41, 5.74) is 6.02. The summed E-state index contributed by atoms with van der Waals surface area (Å²) < 4.78 is 5.13. The topological polar surface area (TPSA) is 77.0 Å². The highest BCUT2D eigenvalue weighted by molar-refractivity contribution is 5.36. The highest BCUT2D eigenvalue weighted by atomic mass is 16.4. The lowest BCUT2D eigenvalue weighted by molar-refractivity contribution is 0.431. The fourth-order valence-electron chi connectivity index (χ4n) is 2.16. The van der Waals surface area contributed by atoms with E-state index in [2.05, 4.69) is 22.4 Å². The van der Waals surface area contributed by atoms with Crippen molar-refractivity contribution in [3.05, 3.63) is 0 Å². The van der Waals surface area contributed by atoms with Gasteiger partial charge in [-0.05, 0) is 31.1 Å². The van der Waals surface area contributed by atoms with Crippen molar-refractivity contribution in [1.29, 1.82) is 0 Å². The molecule has 3 N–H and O–H groups in total. The van der Waals surface area contributed by atoms with Gasteiger partial charge < -0.3 is 15.5 Å². The third-order valence-corrected chi connectivity index (χ3v) is 3.69. The number of nitrogen functional groups attached to an aromatic ring is 1. The zero-order valence-corrected chi connectivity index (χ0v) is 8.21. The van der Waals surface area contributed by atoms with Gasteiger partial charge in [-0.25, -0.2) is 0 Å². The van der Waals surface area contributed by atoms with Gasteiger partial charge in [-0.15, -0.1) is 0 Å². The minimum absolute atomic E-state index is 0.129. The van der Waals surface area contributed by atoms with Crippen molar-refractivity contribution in [2.24, 2.45) is 5.41 Å². The molecule has 0 aliphatic heterocycles. The molecule has 0 amide bonds. The van der Waals surface area contributed by atoms with Gasteiger partial charge in [0.1, 0.15) is 0 Å². The largest absolute Gasteiger partial charge is 0.390 e. The Morgan fingerprint density at radius 3 is 2.43 bits per heavy atom. The molecule has 76 valence electrons. The molecule has 5 nitrogen and oxygen atoms in total. The van der Waals surface area contributed by atoms with Crippen molar-refractivity contribution in [3.8, 4) is 0 Å². The van der Waals surface area contributed by atoms with Crippen LogP contribution in [-0.4, -0.2) is 15.7 Å². The molecule has 0 radical (unpaired) electrons. The molecular formula is C9H14N4O. The van der Waals surface area contributed by atoms with E-state index in [4.69, 9.17) is 10.2 Å². The summed E-state index contributed by atoms with van der Waals surface area (Å²) >= 11 is 0. The fraction of sp³-hybridized carbons (Fsp3) is 0.778. The molecule has 2 saturated carbocycles. The molecule has 2 aliphatic carbocycles. The zero-order valence-electron chi connectivity index (χ0n) is 8.21. The summed E-state index contributed by atoms with van der Waals surface area (Å²) in [6.07, 6.45) is 4.99. The molecule has 0 unspecified atom stereocenters. The second kappa shape index (κ2) is 2.21. The lowest BCUT2D eigenvalue weighted by atomic mass is 9.96. The molecule has 3 rings (SSSR count). The van der Waals surface area contributed by atoms with Crippen LogP contribution in [0.5, 0.6) is 0 Å². The Hall–Kier alpha value is -1.26. The molecule has 1 heterocycles. The highest BCUT2D eigenvalue weighted by Crippen LogP contribution is 2.64. The van der Waals surface area contributed by atoms with Gasteiger partial charge in [0.15, 0.2) is 0 Å². The van der Waals surface area contributed by atoms with Crippen LogP contribution in [0.1, 0.15) is 32.6 Å². The molecule has 0 atom stereocenters. The van der Waals surface area contributed by atoms with E-state index in [-0.39, 0.29) is 11.6 Å². The first-order valence-electron chi connectivity index (χ1n) is 5.01. The zero-order chi connectivity index (χ0) is 9.81. The summed E-state index contributed by atoms with van der Waals surface area (Å²) in [5, 5.41) is 10.8. The van der Waals surface area contributed by atoms with E-state index in [0.717, 1.165) is 0 Å². The number of hydrogen-bond donors (Lipinski definition) is 2. The fourth-order valence-corrected chi connectivity index (χ4v) is 2.16. The van der Waals surface area contributed by atoms with Crippen LogP contribution in [0.2, 0.25) is 0 Å². The first kappa shape index (κ1) is 8.08. The van der Waals surface area contributed by atoms with Gasteiger partial charge in [0.05, 0.1) is 0 Å². The van der Waals surface area contributed by atoms with Gasteiger partial charge in [-0.2, -0.15) is 0 Å². The van der Waals surface area contributed by atoms with Crippen LogP contribution >= 0.6 is 0 Å². The monoisotopic (exact) mass is 194 g/mol. The quantitative estimate of drug-likeness (QED) is 0.760. The Balaban J connectivity index is 1.78. The molecule has 0 saturated heterocycles. The number of rotatable bonds is 3. The predicted octanol–water partition coefficient (Wildman–Crippen LogP) is 1.40. The van der Waals surface area contributed by atoms with Crippen LogP contribution in [0.3, 0.4) is 0 Å². The molecule has 2 aliphatic rings. The van der Waals surface area contributed by atoms with E-state index in [0.29, 0.717) is 11.4 Å². The molecule has 0 spiro atoms. The van der Waals surface area contributed by atoms with E-state index in [1.165, 1.54) is 25.7 Å². The van der Waals surface area contributed by atoms with Gasteiger partial charge in [-0.1, -0.05) is 17.1 Å². The number of nitrogens with zero attached hydrogens (tertiary/aromatic N) is 2. The number of anilines is 2. The van der Waals surface area contributed by atoms with E-state index in [1.807, 2.05) is 0 Å². The maximum Gasteiger partial charge on any atom is 0.317 e. The van der Waals surface area contributed by atoms with Crippen LogP contribution in [0.25, 0.3) is 0 Å². The number of nitrogens with one attached hydrogen (secondary N) is 1. The molecule has 0 bridgehead atoms. The summed E-state index contributed by atoms with van der Waals surface area (Å²) in [5.74, 6) is 0. The normalized spacial score (nSPS) is 25.8. The van der Waals surface area contributed by atoms with Gasteiger partial charge in [-0.3, -0.25) is 0 Å². The van der Waals surface area contributed by atoms with E-state index in [9.17, 15) is 0 Å². The van der Waals surface area contributed by atoms with Gasteiger partial charge in [0.2, 0.25) is 0 Å². The third kappa shape index (κ3) is 1.01. The van der Waals surface area contributed by atoms with Crippen molar-refractivity contribution in [2.75, 3.05) is 11.1 Å². The van der Waals surface area contributed by atoms with Crippen molar-refractivity contribution in [2.45, 2.75) is 38.1 Å². The van der Waals surface area contributed by atoms with Gasteiger partial charge in [0, 0.05) is 5.54 Å². The van der Waals surface area contributed by atoms with Gasteiger partial charge in [0.25, 0.3) is 0 Å². The Morgan fingerprint density at radius 2 is 2.00 bits per heavy atom. The minimum atomic E-state index is 0.129. The van der Waals surface area contributed by atoms with Crippen molar-refractivity contribution < 1.29 is 4.42 Å². The van der Waals surface area contributed by atoms with Crippen molar-refractivity contribution in [3.63, 3.8) is 0 Å². The maximum absolute atomic E-state index is 5.36. The Morgan fingerprint density at radius 1 is 1.29 bits per heavy atom. The van der Waals surface area contributed by atoms with Crippen molar-refractivity contribution in [1.82, 2.24) is 10.2 Å².